The second-order valence-corrected chi connectivity index (χ2v) is 6.96. The van der Waals surface area contributed by atoms with Crippen LogP contribution in [-0.2, 0) is 0 Å². The summed E-state index contributed by atoms with van der Waals surface area (Å²) < 4.78 is 0. The van der Waals surface area contributed by atoms with Crippen LogP contribution in [0.4, 0.5) is 0 Å². The molecule has 1 aromatic carbocycles. The van der Waals surface area contributed by atoms with Gasteiger partial charge in [0.15, 0.2) is 0 Å². The summed E-state index contributed by atoms with van der Waals surface area (Å²) in [6, 6.07) is 11.6. The molecule has 2 aromatic rings. The van der Waals surface area contributed by atoms with Gasteiger partial charge < -0.3 is 10.2 Å². The lowest BCUT2D eigenvalue weighted by atomic mass is 10.0. The van der Waals surface area contributed by atoms with Crippen molar-refractivity contribution in [1.29, 1.82) is 0 Å². The molecule has 1 amide bonds. The molecule has 1 atom stereocenters. The maximum atomic E-state index is 13.0. The van der Waals surface area contributed by atoms with Gasteiger partial charge in [-0.05, 0) is 48.1 Å². The van der Waals surface area contributed by atoms with E-state index in [9.17, 15) is 4.79 Å². The maximum absolute atomic E-state index is 13.0. The quantitative estimate of drug-likeness (QED) is 0.930. The number of pyridine rings is 1. The predicted molar refractivity (Wildman–Crippen MR) is 94.3 cm³/mol. The van der Waals surface area contributed by atoms with Gasteiger partial charge in [-0.2, -0.15) is 0 Å². The lowest BCUT2D eigenvalue weighted by molar-refractivity contribution is 0.0628. The topological polar surface area (TPSA) is 45.2 Å². The summed E-state index contributed by atoms with van der Waals surface area (Å²) in [6.45, 7) is 2.19. The first-order valence-corrected chi connectivity index (χ1v) is 8.83. The van der Waals surface area contributed by atoms with Gasteiger partial charge >= 0.3 is 0 Å². The number of nitrogens with one attached hydrogen (secondary N) is 1. The number of hydrogen-bond acceptors (Lipinski definition) is 3. The van der Waals surface area contributed by atoms with E-state index in [-0.39, 0.29) is 11.9 Å². The molecule has 1 saturated heterocycles. The van der Waals surface area contributed by atoms with Crippen LogP contribution in [0.25, 0.3) is 0 Å². The molecule has 0 spiro atoms. The average molecular weight is 342 g/mol. The van der Waals surface area contributed by atoms with Gasteiger partial charge in [0.2, 0.25) is 0 Å². The molecule has 1 unspecified atom stereocenters. The molecule has 2 heterocycles. The van der Waals surface area contributed by atoms with E-state index in [1.807, 2.05) is 41.4 Å². The Kier molecular flexibility index (Phi) is 4.25. The van der Waals surface area contributed by atoms with Gasteiger partial charge in [-0.15, -0.1) is 0 Å². The number of amides is 1. The van der Waals surface area contributed by atoms with Gasteiger partial charge in [-0.25, -0.2) is 0 Å². The van der Waals surface area contributed by atoms with E-state index in [0.29, 0.717) is 23.2 Å². The molecule has 24 heavy (non-hydrogen) atoms. The van der Waals surface area contributed by atoms with E-state index < -0.39 is 0 Å². The van der Waals surface area contributed by atoms with Crippen molar-refractivity contribution in [2.24, 2.45) is 0 Å². The van der Waals surface area contributed by atoms with Gasteiger partial charge in [0.25, 0.3) is 5.91 Å². The largest absolute Gasteiger partial charge is 0.328 e. The summed E-state index contributed by atoms with van der Waals surface area (Å²) in [5.41, 5.74) is 2.82. The molecule has 4 rings (SSSR count). The van der Waals surface area contributed by atoms with E-state index in [1.165, 1.54) is 18.4 Å². The summed E-state index contributed by atoms with van der Waals surface area (Å²) in [7, 11) is 0. The molecule has 4 nitrogen and oxygen atoms in total. The Morgan fingerprint density at radius 3 is 2.79 bits per heavy atom. The minimum absolute atomic E-state index is 0.0103. The molecule has 2 fully saturated rings. The third kappa shape index (κ3) is 3.17. The third-order valence-corrected chi connectivity index (χ3v) is 5.03. The van der Waals surface area contributed by atoms with Crippen LogP contribution in [0, 0.1) is 0 Å². The van der Waals surface area contributed by atoms with Crippen LogP contribution in [-0.4, -0.2) is 35.4 Å². The van der Waals surface area contributed by atoms with E-state index in [1.54, 1.807) is 0 Å². The highest BCUT2D eigenvalue weighted by Gasteiger charge is 2.30. The Morgan fingerprint density at radius 1 is 1.21 bits per heavy atom. The first-order chi connectivity index (χ1) is 11.7. The molecule has 1 N–H and O–H groups in total. The number of hydrogen-bond donors (Lipinski definition) is 1. The lowest BCUT2D eigenvalue weighted by Gasteiger charge is -2.36. The smallest absolute Gasteiger partial charge is 0.273 e. The first kappa shape index (κ1) is 15.6. The SMILES string of the molecule is O=C(c1ccc(C2CC2)cn1)N1CCNCC1c1cccc(Cl)c1. The van der Waals surface area contributed by atoms with Crippen LogP contribution in [0.2, 0.25) is 5.02 Å². The zero-order valence-electron chi connectivity index (χ0n) is 13.4. The van der Waals surface area contributed by atoms with Gasteiger partial charge in [-0.3, -0.25) is 9.78 Å². The Hall–Kier alpha value is -1.91. The summed E-state index contributed by atoms with van der Waals surface area (Å²) in [5.74, 6) is 0.642. The average Bonchev–Trinajstić information content (AvgIpc) is 3.46. The molecular weight excluding hydrogens is 322 g/mol. The van der Waals surface area contributed by atoms with E-state index in [4.69, 9.17) is 11.6 Å². The summed E-state index contributed by atoms with van der Waals surface area (Å²) in [5, 5.41) is 4.06. The van der Waals surface area contributed by atoms with Crippen molar-refractivity contribution < 1.29 is 4.79 Å². The highest BCUT2D eigenvalue weighted by Crippen LogP contribution is 2.39. The fraction of sp³-hybridized carbons (Fsp3) is 0.368. The summed E-state index contributed by atoms with van der Waals surface area (Å²) >= 11 is 6.13. The molecule has 0 bridgehead atoms. The number of aromatic nitrogens is 1. The molecule has 1 aliphatic carbocycles. The number of piperazine rings is 1. The molecule has 0 radical (unpaired) electrons. The van der Waals surface area contributed by atoms with Crippen LogP contribution in [0.3, 0.4) is 0 Å². The minimum atomic E-state index is -0.0186. The van der Waals surface area contributed by atoms with Crippen LogP contribution < -0.4 is 5.32 Å². The Bertz CT molecular complexity index is 743. The summed E-state index contributed by atoms with van der Waals surface area (Å²) in [6.07, 6.45) is 4.34. The van der Waals surface area contributed by atoms with Crippen molar-refractivity contribution in [2.75, 3.05) is 19.6 Å². The van der Waals surface area contributed by atoms with E-state index in [2.05, 4.69) is 16.4 Å². The van der Waals surface area contributed by atoms with Crippen LogP contribution >= 0.6 is 11.6 Å². The number of rotatable bonds is 3. The zero-order valence-corrected chi connectivity index (χ0v) is 14.2. The van der Waals surface area contributed by atoms with Crippen LogP contribution in [0.15, 0.2) is 42.6 Å². The Balaban J connectivity index is 1.58. The van der Waals surface area contributed by atoms with E-state index >= 15 is 0 Å². The fourth-order valence-electron chi connectivity index (χ4n) is 3.30. The van der Waals surface area contributed by atoms with Crippen molar-refractivity contribution in [3.05, 3.63) is 64.4 Å². The van der Waals surface area contributed by atoms with Gasteiger partial charge in [0, 0.05) is 30.9 Å². The molecule has 1 aromatic heterocycles. The standard InChI is InChI=1S/C19H20ClN3O/c20-16-3-1-2-14(10-16)18-12-21-8-9-23(18)19(24)17-7-6-15(11-22-17)13-4-5-13/h1-3,6-7,10-11,13,18,21H,4-5,8-9,12H2. The van der Waals surface area contributed by atoms with E-state index in [0.717, 1.165) is 18.7 Å². The fourth-order valence-corrected chi connectivity index (χ4v) is 3.49. The molecule has 5 heteroatoms. The lowest BCUT2D eigenvalue weighted by Crippen LogP contribution is -2.48. The number of benzene rings is 1. The van der Waals surface area contributed by atoms with Crippen molar-refractivity contribution in [1.82, 2.24) is 15.2 Å². The second-order valence-electron chi connectivity index (χ2n) is 6.52. The highest BCUT2D eigenvalue weighted by atomic mass is 35.5. The Labute approximate surface area is 146 Å². The second kappa shape index (κ2) is 6.54. The van der Waals surface area contributed by atoms with Gasteiger partial charge in [0.1, 0.15) is 5.69 Å². The van der Waals surface area contributed by atoms with Crippen molar-refractivity contribution >= 4 is 17.5 Å². The molecule has 2 aliphatic rings. The molecule has 1 aliphatic heterocycles. The number of carbonyl (C=O) groups is 1. The van der Waals surface area contributed by atoms with Crippen LogP contribution in [0.5, 0.6) is 0 Å². The monoisotopic (exact) mass is 341 g/mol. The highest BCUT2D eigenvalue weighted by molar-refractivity contribution is 6.30. The minimum Gasteiger partial charge on any atom is -0.328 e. The molecular formula is C19H20ClN3O. The number of halogens is 1. The van der Waals surface area contributed by atoms with Gasteiger partial charge in [-0.1, -0.05) is 29.8 Å². The Morgan fingerprint density at radius 2 is 2.08 bits per heavy atom. The first-order valence-electron chi connectivity index (χ1n) is 8.45. The molecule has 1 saturated carbocycles. The van der Waals surface area contributed by atoms with Crippen molar-refractivity contribution in [2.45, 2.75) is 24.8 Å². The third-order valence-electron chi connectivity index (χ3n) is 4.79. The summed E-state index contributed by atoms with van der Waals surface area (Å²) in [4.78, 5) is 19.3. The van der Waals surface area contributed by atoms with Gasteiger partial charge in [0.05, 0.1) is 6.04 Å². The molecule has 124 valence electrons. The van der Waals surface area contributed by atoms with Crippen LogP contribution in [0.1, 0.15) is 46.4 Å². The number of nitrogens with zero attached hydrogens (tertiary/aromatic N) is 2. The number of carbonyl (C=O) groups excluding carboxylic acids is 1. The van der Waals surface area contributed by atoms with Crippen molar-refractivity contribution in [3.63, 3.8) is 0 Å². The maximum Gasteiger partial charge on any atom is 0.273 e. The van der Waals surface area contributed by atoms with Crippen molar-refractivity contribution in [3.8, 4) is 0 Å². The normalized spacial score (nSPS) is 20.9. The predicted octanol–water partition coefficient (Wildman–Crippen LogP) is 3.40. The zero-order chi connectivity index (χ0) is 16.5.